The summed E-state index contributed by atoms with van der Waals surface area (Å²) in [5.74, 6) is 6.74. The molecule has 2 aromatic rings. The number of alkyl halides is 1. The molecule has 6 rings (SSSR count). The van der Waals surface area contributed by atoms with Gasteiger partial charge in [-0.05, 0) is 43.0 Å². The Morgan fingerprint density at radius 2 is 1.90 bits per heavy atom. The molecule has 12 heteroatoms. The molecule has 2 aliphatic heterocycles. The summed E-state index contributed by atoms with van der Waals surface area (Å²) < 4.78 is 34.0. The van der Waals surface area contributed by atoms with E-state index in [4.69, 9.17) is 33.0 Å². The molecule has 0 spiro atoms. The van der Waals surface area contributed by atoms with Gasteiger partial charge in [0.15, 0.2) is 0 Å². The number of sulfonamides is 1. The second kappa shape index (κ2) is 16.1. The van der Waals surface area contributed by atoms with Crippen LogP contribution in [0.1, 0.15) is 36.6 Å². The highest BCUT2D eigenvalue weighted by Gasteiger charge is 2.31. The van der Waals surface area contributed by atoms with E-state index in [-0.39, 0.29) is 23.9 Å². The number of nitrogens with one attached hydrogen (secondary N) is 1. The molecule has 1 fully saturated rings. The molecular weight excluding hydrogens is 681 g/mol. The van der Waals surface area contributed by atoms with Crippen molar-refractivity contribution in [3.8, 4) is 23.1 Å². The molecule has 0 bridgehead atoms. The number of benzene rings is 1. The average Bonchev–Trinajstić information content (AvgIpc) is 3.44. The van der Waals surface area contributed by atoms with Gasteiger partial charge in [-0.1, -0.05) is 66.0 Å². The van der Waals surface area contributed by atoms with Crippen molar-refractivity contribution >= 4 is 33.2 Å². The summed E-state index contributed by atoms with van der Waals surface area (Å²) in [7, 11) is -3.40. The summed E-state index contributed by atoms with van der Waals surface area (Å²) in [4.78, 5) is 2.24. The second-order valence-electron chi connectivity index (χ2n) is 13.3. The van der Waals surface area contributed by atoms with Crippen molar-refractivity contribution in [3.63, 3.8) is 0 Å². The molecule has 3 heterocycles. The van der Waals surface area contributed by atoms with Crippen LogP contribution in [0.25, 0.3) is 11.3 Å². The highest BCUT2D eigenvalue weighted by molar-refractivity contribution is 7.88. The van der Waals surface area contributed by atoms with E-state index in [0.29, 0.717) is 55.5 Å². The largest absolute Gasteiger partial charge is 0.390 e. The summed E-state index contributed by atoms with van der Waals surface area (Å²) >= 11 is 12.8. The first-order chi connectivity index (χ1) is 23.5. The van der Waals surface area contributed by atoms with Crippen molar-refractivity contribution in [1.29, 1.82) is 0 Å². The number of morpholine rings is 1. The third-order valence-electron chi connectivity index (χ3n) is 9.49. The highest BCUT2D eigenvalue weighted by Crippen LogP contribution is 2.33. The Hall–Kier alpha value is -2.72. The number of fused-ring (bicyclic) bond motifs is 1. The number of rotatable bonds is 10. The minimum Gasteiger partial charge on any atom is -0.390 e. The van der Waals surface area contributed by atoms with Crippen LogP contribution in [0.5, 0.6) is 0 Å². The van der Waals surface area contributed by atoms with E-state index in [0.717, 1.165) is 49.3 Å². The number of aromatic nitrogens is 2. The van der Waals surface area contributed by atoms with Crippen LogP contribution in [0.2, 0.25) is 5.02 Å². The minimum atomic E-state index is -3.40. The normalized spacial score (nSPS) is 23.7. The highest BCUT2D eigenvalue weighted by atomic mass is 35.5. The molecule has 4 atom stereocenters. The lowest BCUT2D eigenvalue weighted by molar-refractivity contribution is -0.0227. The first-order valence-electron chi connectivity index (χ1n) is 17.0. The van der Waals surface area contributed by atoms with Crippen molar-refractivity contribution in [2.24, 2.45) is 5.92 Å². The quantitative estimate of drug-likeness (QED) is 0.274. The predicted molar refractivity (Wildman–Crippen MR) is 196 cm³/mol. The van der Waals surface area contributed by atoms with E-state index in [2.05, 4.69) is 59.4 Å². The number of hydrogen-bond donors (Lipinski definition) is 2. The molecule has 1 aromatic carbocycles. The van der Waals surface area contributed by atoms with E-state index in [1.54, 1.807) is 0 Å². The van der Waals surface area contributed by atoms with Gasteiger partial charge in [-0.25, -0.2) is 8.42 Å². The van der Waals surface area contributed by atoms with Crippen molar-refractivity contribution < 1.29 is 18.3 Å². The smallest absolute Gasteiger partial charge is 0.211 e. The topological polar surface area (TPSA) is 99.9 Å². The summed E-state index contributed by atoms with van der Waals surface area (Å²) in [5.41, 5.74) is 6.49. The van der Waals surface area contributed by atoms with Crippen molar-refractivity contribution in [3.05, 3.63) is 87.6 Å². The number of β-amino-alcohol motifs (C(OH)–C–C–N with tert-alkyl or cyclic N) is 1. The van der Waals surface area contributed by atoms with Crippen LogP contribution in [0.15, 0.2) is 65.8 Å². The molecule has 2 unspecified atom stereocenters. The van der Waals surface area contributed by atoms with Gasteiger partial charge >= 0.3 is 0 Å². The van der Waals surface area contributed by atoms with Gasteiger partial charge in [0.25, 0.3) is 0 Å². The van der Waals surface area contributed by atoms with Crippen LogP contribution in [0, 0.1) is 17.8 Å². The van der Waals surface area contributed by atoms with E-state index in [1.807, 2.05) is 29.0 Å². The Balaban J connectivity index is 1.16. The number of ether oxygens (including phenoxy) is 1. The fourth-order valence-corrected chi connectivity index (χ4v) is 7.77. The fourth-order valence-electron chi connectivity index (χ4n) is 6.66. The van der Waals surface area contributed by atoms with E-state index in [9.17, 15) is 13.5 Å². The Morgan fingerprint density at radius 1 is 1.12 bits per heavy atom. The maximum absolute atomic E-state index is 12.5. The summed E-state index contributed by atoms with van der Waals surface area (Å²) in [6, 6.07) is 5.89. The second-order valence-corrected chi connectivity index (χ2v) is 16.3. The number of halogens is 2. The van der Waals surface area contributed by atoms with Crippen molar-refractivity contribution in [1.82, 2.24) is 24.3 Å². The monoisotopic (exact) mass is 725 g/mol. The van der Waals surface area contributed by atoms with Gasteiger partial charge in [0.05, 0.1) is 48.2 Å². The first-order valence-corrected chi connectivity index (χ1v) is 19.6. The molecular formula is C37H45Cl2N5O4S. The van der Waals surface area contributed by atoms with Gasteiger partial charge in [-0.2, -0.15) is 9.40 Å². The third kappa shape index (κ3) is 9.34. The van der Waals surface area contributed by atoms with Gasteiger partial charge < -0.3 is 15.2 Å². The zero-order valence-corrected chi connectivity index (χ0v) is 30.4. The molecule has 2 N–H and O–H groups in total. The third-order valence-corrected chi connectivity index (χ3v) is 11.4. The Labute approximate surface area is 300 Å². The zero-order valence-electron chi connectivity index (χ0n) is 28.1. The maximum atomic E-state index is 12.5. The SMILES string of the molecule is C[C@H]1COCCN1C[C@H](O)Cn1nc(-c2ccc(Cl)c(C#CC3C=CC(CNCC4=CCC(Cl)C=C4)=CC3)c2)c2c1CCN(S(C)(=O)=O)C2. The first kappa shape index (κ1) is 36.1. The standard InChI is InChI=1S/C37H45Cl2N5O4S/c1-26-25-48-18-17-42(26)22-33(45)23-44-36-15-16-43(49(2,46)47)24-34(36)37(41-44)31-11-14-35(39)30(19-31)10-7-27-3-5-28(6-4-27)20-40-21-29-8-12-32(38)13-9-29/h3,5-6,8-9,11-12,14,19,26-27,32-33,40,45H,4,13,15-18,20-25H2,1-2H3/t26-,27?,32?,33-/m0/s1. The van der Waals surface area contributed by atoms with Crippen LogP contribution in [0.3, 0.4) is 0 Å². The van der Waals surface area contributed by atoms with Gasteiger partial charge in [0.1, 0.15) is 0 Å². The van der Waals surface area contributed by atoms with Gasteiger partial charge in [0, 0.05) is 80.0 Å². The molecule has 9 nitrogen and oxygen atoms in total. The molecule has 4 aliphatic rings. The molecule has 0 amide bonds. The Kier molecular flexibility index (Phi) is 11.8. The minimum absolute atomic E-state index is 0.0686. The summed E-state index contributed by atoms with van der Waals surface area (Å²) in [5, 5.41) is 20.3. The van der Waals surface area contributed by atoms with Gasteiger partial charge in [-0.15, -0.1) is 11.6 Å². The van der Waals surface area contributed by atoms with E-state index in [1.165, 1.54) is 21.7 Å². The fraction of sp³-hybridized carbons (Fsp3) is 0.486. The van der Waals surface area contributed by atoms with E-state index < -0.39 is 16.1 Å². The number of hydrogen-bond acceptors (Lipinski definition) is 7. The molecule has 0 saturated carbocycles. The number of nitrogens with zero attached hydrogens (tertiary/aromatic N) is 4. The molecule has 2 aliphatic carbocycles. The lowest BCUT2D eigenvalue weighted by atomic mass is 9.96. The summed E-state index contributed by atoms with van der Waals surface area (Å²) in [6.45, 7) is 7.20. The number of aliphatic hydroxyl groups excluding tert-OH is 1. The molecule has 262 valence electrons. The molecule has 0 radical (unpaired) electrons. The van der Waals surface area contributed by atoms with Crippen molar-refractivity contribution in [2.45, 2.75) is 56.8 Å². The molecule has 1 saturated heterocycles. The summed E-state index contributed by atoms with van der Waals surface area (Å²) in [6.07, 6.45) is 15.6. The van der Waals surface area contributed by atoms with Crippen LogP contribution < -0.4 is 5.32 Å². The van der Waals surface area contributed by atoms with Crippen LogP contribution >= 0.6 is 23.2 Å². The van der Waals surface area contributed by atoms with Crippen LogP contribution in [-0.4, -0.2) is 102 Å². The molecule has 1 aromatic heterocycles. The Bertz CT molecular complexity index is 1820. The van der Waals surface area contributed by atoms with Gasteiger partial charge in [-0.3, -0.25) is 9.58 Å². The lowest BCUT2D eigenvalue weighted by Crippen LogP contribution is -2.47. The van der Waals surface area contributed by atoms with Gasteiger partial charge in [0.2, 0.25) is 10.0 Å². The van der Waals surface area contributed by atoms with Crippen LogP contribution in [0.4, 0.5) is 0 Å². The lowest BCUT2D eigenvalue weighted by Gasteiger charge is -2.34. The number of aliphatic hydroxyl groups is 1. The number of allylic oxidation sites excluding steroid dienone is 4. The predicted octanol–water partition coefficient (Wildman–Crippen LogP) is 4.54. The maximum Gasteiger partial charge on any atom is 0.211 e. The zero-order chi connectivity index (χ0) is 34.5. The Morgan fingerprint density at radius 3 is 2.59 bits per heavy atom. The molecule has 49 heavy (non-hydrogen) atoms. The van der Waals surface area contributed by atoms with E-state index >= 15 is 0 Å². The van der Waals surface area contributed by atoms with Crippen LogP contribution in [-0.2, 0) is 34.3 Å². The average molecular weight is 727 g/mol. The van der Waals surface area contributed by atoms with Crippen molar-refractivity contribution in [2.75, 3.05) is 52.2 Å².